The van der Waals surface area contributed by atoms with Gasteiger partial charge in [-0.3, -0.25) is 0 Å². The molecule has 5 aliphatic rings. The summed E-state index contributed by atoms with van der Waals surface area (Å²) in [4.78, 5) is 0. The van der Waals surface area contributed by atoms with Gasteiger partial charge in [-0.2, -0.15) is 0 Å². The standard InChI is InChI=1S/C19H33NO/c1-3-18-17(4-5-21-18)12-20-13(2)19-9-14-6-15(10-19)8-16(7-14)11-19/h13-18,20H,3-12H2,1-2H3. The molecule has 4 saturated carbocycles. The molecule has 3 unspecified atom stereocenters. The van der Waals surface area contributed by atoms with E-state index in [9.17, 15) is 0 Å². The summed E-state index contributed by atoms with van der Waals surface area (Å²) in [6.45, 7) is 6.92. The van der Waals surface area contributed by atoms with Crippen LogP contribution in [0.4, 0.5) is 0 Å². The van der Waals surface area contributed by atoms with Gasteiger partial charge >= 0.3 is 0 Å². The number of nitrogens with one attached hydrogen (secondary N) is 1. The van der Waals surface area contributed by atoms with E-state index in [0.29, 0.717) is 17.6 Å². The Morgan fingerprint density at radius 2 is 1.71 bits per heavy atom. The van der Waals surface area contributed by atoms with Crippen LogP contribution >= 0.6 is 0 Å². The summed E-state index contributed by atoms with van der Waals surface area (Å²) in [5.41, 5.74) is 0.649. The fraction of sp³-hybridized carbons (Fsp3) is 1.00. The fourth-order valence-electron chi connectivity index (χ4n) is 6.63. The molecule has 21 heavy (non-hydrogen) atoms. The third-order valence-corrected chi connectivity index (χ3v) is 7.44. The molecule has 4 aliphatic carbocycles. The zero-order valence-electron chi connectivity index (χ0n) is 13.9. The average molecular weight is 291 g/mol. The third-order valence-electron chi connectivity index (χ3n) is 7.44. The van der Waals surface area contributed by atoms with Crippen molar-refractivity contribution in [1.82, 2.24) is 5.32 Å². The Bertz CT molecular complexity index is 344. The highest BCUT2D eigenvalue weighted by Crippen LogP contribution is 2.61. The van der Waals surface area contributed by atoms with Crippen LogP contribution in [0, 0.1) is 29.1 Å². The zero-order valence-corrected chi connectivity index (χ0v) is 13.9. The molecule has 5 rings (SSSR count). The van der Waals surface area contributed by atoms with Crippen molar-refractivity contribution < 1.29 is 4.74 Å². The first-order chi connectivity index (χ1) is 10.2. The highest BCUT2D eigenvalue weighted by molar-refractivity contribution is 5.05. The second kappa shape index (κ2) is 5.53. The van der Waals surface area contributed by atoms with Crippen molar-refractivity contribution >= 4 is 0 Å². The van der Waals surface area contributed by atoms with E-state index in [1.165, 1.54) is 38.6 Å². The van der Waals surface area contributed by atoms with Crippen LogP contribution in [-0.4, -0.2) is 25.3 Å². The van der Waals surface area contributed by atoms with E-state index in [-0.39, 0.29) is 0 Å². The maximum absolute atomic E-state index is 5.86. The van der Waals surface area contributed by atoms with Crippen LogP contribution in [0.5, 0.6) is 0 Å². The first kappa shape index (κ1) is 14.5. The topological polar surface area (TPSA) is 21.3 Å². The fourth-order valence-corrected chi connectivity index (χ4v) is 6.63. The first-order valence-corrected chi connectivity index (χ1v) is 9.53. The Hall–Kier alpha value is -0.0800. The summed E-state index contributed by atoms with van der Waals surface area (Å²) >= 11 is 0. The molecule has 0 spiro atoms. The SMILES string of the molecule is CCC1OCCC1CNC(C)C12CC3CC(CC(C3)C1)C2. The molecule has 3 atom stereocenters. The Morgan fingerprint density at radius 3 is 2.29 bits per heavy atom. The lowest BCUT2D eigenvalue weighted by Gasteiger charge is -2.59. The average Bonchev–Trinajstić information content (AvgIpc) is 2.90. The summed E-state index contributed by atoms with van der Waals surface area (Å²) in [7, 11) is 0. The Labute approximate surface area is 130 Å². The molecule has 2 nitrogen and oxygen atoms in total. The number of hydrogen-bond donors (Lipinski definition) is 1. The summed E-state index contributed by atoms with van der Waals surface area (Å²) in [5.74, 6) is 3.96. The predicted molar refractivity (Wildman–Crippen MR) is 86.2 cm³/mol. The number of hydrogen-bond acceptors (Lipinski definition) is 2. The number of ether oxygens (including phenoxy) is 1. The molecule has 0 radical (unpaired) electrons. The van der Waals surface area contributed by atoms with Gasteiger partial charge in [0.2, 0.25) is 0 Å². The van der Waals surface area contributed by atoms with Crippen LogP contribution in [0.15, 0.2) is 0 Å². The molecule has 1 saturated heterocycles. The van der Waals surface area contributed by atoms with Crippen LogP contribution in [0.1, 0.15) is 65.2 Å². The van der Waals surface area contributed by atoms with E-state index in [2.05, 4.69) is 19.2 Å². The second-order valence-corrected chi connectivity index (χ2v) is 8.78. The van der Waals surface area contributed by atoms with Gasteiger partial charge < -0.3 is 10.1 Å². The zero-order chi connectivity index (χ0) is 14.4. The largest absolute Gasteiger partial charge is 0.378 e. The number of rotatable bonds is 5. The van der Waals surface area contributed by atoms with Gasteiger partial charge in [0, 0.05) is 19.2 Å². The van der Waals surface area contributed by atoms with E-state index in [1.807, 2.05) is 0 Å². The lowest BCUT2D eigenvalue weighted by Crippen LogP contribution is -2.55. The van der Waals surface area contributed by atoms with Gasteiger partial charge in [0.15, 0.2) is 0 Å². The van der Waals surface area contributed by atoms with Crippen molar-refractivity contribution in [3.05, 3.63) is 0 Å². The molecule has 1 heterocycles. The van der Waals surface area contributed by atoms with Gasteiger partial charge in [-0.25, -0.2) is 0 Å². The normalized spacial score (nSPS) is 49.7. The van der Waals surface area contributed by atoms with E-state index in [0.717, 1.165) is 30.3 Å². The van der Waals surface area contributed by atoms with E-state index in [4.69, 9.17) is 4.74 Å². The van der Waals surface area contributed by atoms with E-state index < -0.39 is 0 Å². The maximum Gasteiger partial charge on any atom is 0.0613 e. The van der Waals surface area contributed by atoms with Crippen molar-refractivity contribution in [2.45, 2.75) is 77.4 Å². The molecule has 4 bridgehead atoms. The molecular weight excluding hydrogens is 258 g/mol. The molecule has 1 N–H and O–H groups in total. The molecular formula is C19H33NO. The highest BCUT2D eigenvalue weighted by atomic mass is 16.5. The summed E-state index contributed by atoms with van der Waals surface area (Å²) in [6.07, 6.45) is 12.2. The molecule has 1 aliphatic heterocycles. The van der Waals surface area contributed by atoms with Crippen LogP contribution in [0.25, 0.3) is 0 Å². The molecule has 0 amide bonds. The molecule has 2 heteroatoms. The Kier molecular flexibility index (Phi) is 3.82. The molecule has 0 aromatic carbocycles. The summed E-state index contributed by atoms with van der Waals surface area (Å²) < 4.78 is 5.86. The summed E-state index contributed by atoms with van der Waals surface area (Å²) in [6, 6.07) is 0.712. The van der Waals surface area contributed by atoms with Crippen molar-refractivity contribution in [1.29, 1.82) is 0 Å². The lowest BCUT2D eigenvalue weighted by atomic mass is 9.48. The Balaban J connectivity index is 1.37. The smallest absolute Gasteiger partial charge is 0.0613 e. The van der Waals surface area contributed by atoms with Crippen LogP contribution in [0.2, 0.25) is 0 Å². The molecule has 120 valence electrons. The quantitative estimate of drug-likeness (QED) is 0.827. The van der Waals surface area contributed by atoms with Crippen LogP contribution < -0.4 is 5.32 Å². The van der Waals surface area contributed by atoms with Crippen molar-refractivity contribution in [3.8, 4) is 0 Å². The van der Waals surface area contributed by atoms with Crippen molar-refractivity contribution in [2.24, 2.45) is 29.1 Å². The Morgan fingerprint density at radius 1 is 1.10 bits per heavy atom. The van der Waals surface area contributed by atoms with E-state index >= 15 is 0 Å². The molecule has 0 aromatic rings. The van der Waals surface area contributed by atoms with Gasteiger partial charge in [0.05, 0.1) is 6.10 Å². The third kappa shape index (κ3) is 2.57. The minimum Gasteiger partial charge on any atom is -0.378 e. The molecule has 5 fully saturated rings. The summed E-state index contributed by atoms with van der Waals surface area (Å²) in [5, 5.41) is 3.97. The highest BCUT2D eigenvalue weighted by Gasteiger charge is 2.53. The van der Waals surface area contributed by atoms with Gasteiger partial charge in [0.1, 0.15) is 0 Å². The van der Waals surface area contributed by atoms with Crippen LogP contribution in [-0.2, 0) is 4.74 Å². The minimum atomic E-state index is 0.515. The minimum absolute atomic E-state index is 0.515. The lowest BCUT2D eigenvalue weighted by molar-refractivity contribution is -0.0711. The van der Waals surface area contributed by atoms with Crippen LogP contribution in [0.3, 0.4) is 0 Å². The first-order valence-electron chi connectivity index (χ1n) is 9.53. The van der Waals surface area contributed by atoms with Gasteiger partial charge in [-0.1, -0.05) is 6.92 Å². The van der Waals surface area contributed by atoms with Crippen molar-refractivity contribution in [2.75, 3.05) is 13.2 Å². The van der Waals surface area contributed by atoms with Gasteiger partial charge in [-0.15, -0.1) is 0 Å². The van der Waals surface area contributed by atoms with Gasteiger partial charge in [-0.05, 0) is 87.4 Å². The van der Waals surface area contributed by atoms with E-state index in [1.54, 1.807) is 19.3 Å². The predicted octanol–water partition coefficient (Wildman–Crippen LogP) is 4.00. The monoisotopic (exact) mass is 291 g/mol. The second-order valence-electron chi connectivity index (χ2n) is 8.78. The molecule has 0 aromatic heterocycles. The van der Waals surface area contributed by atoms with Gasteiger partial charge in [0.25, 0.3) is 0 Å². The maximum atomic E-state index is 5.86. The van der Waals surface area contributed by atoms with Crippen molar-refractivity contribution in [3.63, 3.8) is 0 Å².